The molecule has 1 nitrogen and oxygen atoms in total. The lowest BCUT2D eigenvalue weighted by molar-refractivity contribution is -0.110. The minimum absolute atomic E-state index is 0.165. The third kappa shape index (κ3) is 29.2. The van der Waals surface area contributed by atoms with Crippen molar-refractivity contribution in [3.05, 3.63) is 24.3 Å². The molecule has 0 saturated heterocycles. The van der Waals surface area contributed by atoms with Gasteiger partial charge < -0.3 is 0 Å². The Morgan fingerprint density at radius 1 is 0.382 bits per heavy atom. The summed E-state index contributed by atoms with van der Waals surface area (Å²) >= 11 is 0. The molecule has 0 rings (SSSR count). The number of unbranched alkanes of at least 4 members (excludes halogenated alkanes) is 24. The van der Waals surface area contributed by atoms with Crippen molar-refractivity contribution < 1.29 is 4.79 Å². The van der Waals surface area contributed by atoms with Crippen LogP contribution in [-0.2, 0) is 4.79 Å². The first-order chi connectivity index (χ1) is 16.8. The van der Waals surface area contributed by atoms with Crippen molar-refractivity contribution in [2.75, 3.05) is 0 Å². The van der Waals surface area contributed by atoms with E-state index in [2.05, 4.69) is 26.0 Å². The largest absolute Gasteiger partial charge is 0.290 e. The van der Waals surface area contributed by atoms with E-state index < -0.39 is 0 Å². The summed E-state index contributed by atoms with van der Waals surface area (Å²) < 4.78 is 0. The Morgan fingerprint density at radius 2 is 0.618 bits per heavy atom. The number of rotatable bonds is 28. The lowest BCUT2D eigenvalue weighted by Gasteiger charge is -2.02. The highest BCUT2D eigenvalue weighted by molar-refractivity contribution is 5.99. The summed E-state index contributed by atoms with van der Waals surface area (Å²) in [5, 5.41) is 0. The molecular weight excluding hydrogens is 412 g/mol. The van der Waals surface area contributed by atoms with Gasteiger partial charge in [0.15, 0.2) is 5.78 Å². The van der Waals surface area contributed by atoms with Crippen molar-refractivity contribution in [3.8, 4) is 0 Å². The molecule has 0 aromatic rings. The molecule has 0 radical (unpaired) electrons. The normalized spacial score (nSPS) is 11.8. The Morgan fingerprint density at radius 3 is 0.882 bits per heavy atom. The van der Waals surface area contributed by atoms with Crippen LogP contribution in [0.5, 0.6) is 0 Å². The molecule has 1 heteroatoms. The molecule has 0 aliphatic carbocycles. The molecule has 0 aromatic carbocycles. The minimum Gasteiger partial charge on any atom is -0.290 e. The van der Waals surface area contributed by atoms with Crippen molar-refractivity contribution in [1.82, 2.24) is 0 Å². The Bertz CT molecular complexity index is 407. The molecule has 0 atom stereocenters. The predicted molar refractivity (Wildman–Crippen MR) is 155 cm³/mol. The summed E-state index contributed by atoms with van der Waals surface area (Å²) in [6, 6.07) is 0. The number of ketones is 1. The van der Waals surface area contributed by atoms with Gasteiger partial charge in [0.25, 0.3) is 0 Å². The van der Waals surface area contributed by atoms with Gasteiger partial charge in [-0.05, 0) is 37.8 Å². The van der Waals surface area contributed by atoms with Crippen LogP contribution in [0.3, 0.4) is 0 Å². The average molecular weight is 475 g/mol. The van der Waals surface area contributed by atoms with Gasteiger partial charge >= 0.3 is 0 Å². The summed E-state index contributed by atoms with van der Waals surface area (Å²) in [4.78, 5) is 11.9. The molecule has 0 aliphatic heterocycles. The second-order valence-corrected chi connectivity index (χ2v) is 10.6. The molecule has 0 aliphatic rings. The molecule has 0 unspecified atom stereocenters. The fourth-order valence-electron chi connectivity index (χ4n) is 4.66. The van der Waals surface area contributed by atoms with E-state index >= 15 is 0 Å². The molecule has 0 spiro atoms. The number of allylic oxidation sites excluding steroid dienone is 4. The zero-order chi connectivity index (χ0) is 24.8. The van der Waals surface area contributed by atoms with Gasteiger partial charge in [0.1, 0.15) is 0 Å². The van der Waals surface area contributed by atoms with Crippen molar-refractivity contribution in [3.63, 3.8) is 0 Å². The van der Waals surface area contributed by atoms with Crippen molar-refractivity contribution >= 4 is 5.78 Å². The molecule has 0 saturated carbocycles. The first-order valence-corrected chi connectivity index (χ1v) is 15.7. The topological polar surface area (TPSA) is 17.1 Å². The Kier molecular flexibility index (Phi) is 29.4. The van der Waals surface area contributed by atoms with E-state index in [0.717, 1.165) is 12.8 Å². The van der Waals surface area contributed by atoms with E-state index in [1.807, 2.05) is 0 Å². The van der Waals surface area contributed by atoms with Gasteiger partial charge in [-0.3, -0.25) is 4.79 Å². The molecule has 0 bridgehead atoms. The maximum Gasteiger partial charge on any atom is 0.177 e. The molecule has 0 amide bonds. The highest BCUT2D eigenvalue weighted by Gasteiger charge is 1.95. The zero-order valence-electron chi connectivity index (χ0n) is 23.6. The van der Waals surface area contributed by atoms with Gasteiger partial charge in [-0.1, -0.05) is 167 Å². The smallest absolute Gasteiger partial charge is 0.177 e. The van der Waals surface area contributed by atoms with Crippen LogP contribution < -0.4 is 0 Å². The first kappa shape index (κ1) is 33.1. The van der Waals surface area contributed by atoms with Gasteiger partial charge in [0.2, 0.25) is 0 Å². The van der Waals surface area contributed by atoms with Crippen LogP contribution in [0.15, 0.2) is 24.3 Å². The summed E-state index contributed by atoms with van der Waals surface area (Å²) in [6.07, 6.45) is 43.0. The fourth-order valence-corrected chi connectivity index (χ4v) is 4.66. The van der Waals surface area contributed by atoms with Crippen LogP contribution in [0, 0.1) is 0 Å². The summed E-state index contributed by atoms with van der Waals surface area (Å²) in [5.41, 5.74) is 0. The van der Waals surface area contributed by atoms with Gasteiger partial charge in [0.05, 0.1) is 0 Å². The number of carbonyl (C=O) groups is 1. The molecule has 0 N–H and O–H groups in total. The standard InChI is InChI=1S/C33H62O/c1-3-5-7-9-11-13-15-17-19-21-23-25-27-29-31-33(34)32-30-28-26-24-22-20-18-16-14-12-10-8-6-4-2/h29-32H,3-28H2,1-2H3. The Labute approximate surface area is 215 Å². The summed E-state index contributed by atoms with van der Waals surface area (Å²) in [7, 11) is 0. The van der Waals surface area contributed by atoms with Crippen LogP contribution in [0.4, 0.5) is 0 Å². The van der Waals surface area contributed by atoms with Crippen LogP contribution in [-0.4, -0.2) is 5.78 Å². The molecule has 34 heavy (non-hydrogen) atoms. The second-order valence-electron chi connectivity index (χ2n) is 10.6. The Balaban J connectivity index is 3.30. The molecule has 0 fully saturated rings. The third-order valence-electron chi connectivity index (χ3n) is 7.01. The van der Waals surface area contributed by atoms with Crippen molar-refractivity contribution in [2.45, 2.75) is 181 Å². The van der Waals surface area contributed by atoms with Crippen LogP contribution in [0.25, 0.3) is 0 Å². The third-order valence-corrected chi connectivity index (χ3v) is 7.01. The van der Waals surface area contributed by atoms with Gasteiger partial charge in [-0.25, -0.2) is 0 Å². The van der Waals surface area contributed by atoms with Crippen molar-refractivity contribution in [2.24, 2.45) is 0 Å². The lowest BCUT2D eigenvalue weighted by atomic mass is 10.0. The molecule has 200 valence electrons. The van der Waals surface area contributed by atoms with Crippen LogP contribution >= 0.6 is 0 Å². The van der Waals surface area contributed by atoms with Crippen LogP contribution in [0.1, 0.15) is 181 Å². The highest BCUT2D eigenvalue weighted by atomic mass is 16.1. The summed E-state index contributed by atoms with van der Waals surface area (Å²) in [6.45, 7) is 4.57. The predicted octanol–water partition coefficient (Wildman–Crippen LogP) is 11.9. The van der Waals surface area contributed by atoms with E-state index in [0.29, 0.717) is 0 Å². The maximum absolute atomic E-state index is 11.9. The van der Waals surface area contributed by atoms with E-state index in [9.17, 15) is 4.79 Å². The quantitative estimate of drug-likeness (QED) is 0.0813. The SMILES string of the molecule is CCCCCCCCCCCCCCC=CC(=O)C=CCCCCCCCCCCCCCC. The van der Waals surface area contributed by atoms with E-state index in [-0.39, 0.29) is 5.78 Å². The van der Waals surface area contributed by atoms with E-state index in [4.69, 9.17) is 0 Å². The number of hydrogen-bond acceptors (Lipinski definition) is 1. The molecule has 0 aromatic heterocycles. The first-order valence-electron chi connectivity index (χ1n) is 15.7. The number of hydrogen-bond donors (Lipinski definition) is 0. The maximum atomic E-state index is 11.9. The average Bonchev–Trinajstić information content (AvgIpc) is 2.84. The number of carbonyl (C=O) groups excluding carboxylic acids is 1. The van der Waals surface area contributed by atoms with Crippen molar-refractivity contribution in [1.29, 1.82) is 0 Å². The highest BCUT2D eigenvalue weighted by Crippen LogP contribution is 2.14. The monoisotopic (exact) mass is 474 g/mol. The summed E-state index contributed by atoms with van der Waals surface area (Å²) in [5.74, 6) is 0.165. The van der Waals surface area contributed by atoms with Gasteiger partial charge in [0, 0.05) is 0 Å². The molecular formula is C33H62O. The van der Waals surface area contributed by atoms with E-state index in [1.54, 1.807) is 12.2 Å². The van der Waals surface area contributed by atoms with E-state index in [1.165, 1.54) is 154 Å². The zero-order valence-corrected chi connectivity index (χ0v) is 23.6. The molecule has 0 heterocycles. The Hall–Kier alpha value is -0.850. The minimum atomic E-state index is 0.165. The van der Waals surface area contributed by atoms with Gasteiger partial charge in [-0.2, -0.15) is 0 Å². The van der Waals surface area contributed by atoms with Crippen LogP contribution in [0.2, 0.25) is 0 Å². The fraction of sp³-hybridized carbons (Fsp3) is 0.848. The lowest BCUT2D eigenvalue weighted by Crippen LogP contribution is -1.86. The second kappa shape index (κ2) is 30.2. The van der Waals surface area contributed by atoms with Gasteiger partial charge in [-0.15, -0.1) is 0 Å².